The van der Waals surface area contributed by atoms with Crippen LogP contribution in [0.3, 0.4) is 0 Å². The molecule has 0 radical (unpaired) electrons. The highest BCUT2D eigenvalue weighted by Gasteiger charge is 2.23. The van der Waals surface area contributed by atoms with Crippen molar-refractivity contribution in [2.45, 2.75) is 60.4 Å². The van der Waals surface area contributed by atoms with Crippen molar-refractivity contribution in [3.05, 3.63) is 12.2 Å². The highest BCUT2D eigenvalue weighted by atomic mass is 16.1. The maximum Gasteiger partial charge on any atom is 0.140 e. The van der Waals surface area contributed by atoms with Crippen LogP contribution in [0.1, 0.15) is 59.8 Å². The summed E-state index contributed by atoms with van der Waals surface area (Å²) in [4.78, 5) is 16.2. The van der Waals surface area contributed by atoms with Gasteiger partial charge in [-0.05, 0) is 25.2 Å². The summed E-state index contributed by atoms with van der Waals surface area (Å²) in [5, 5.41) is 4.15. The van der Waals surface area contributed by atoms with E-state index in [0.717, 1.165) is 5.82 Å². The van der Waals surface area contributed by atoms with Crippen molar-refractivity contribution in [2.24, 2.45) is 11.3 Å². The van der Waals surface area contributed by atoms with Crippen molar-refractivity contribution in [3.8, 4) is 0 Å². The lowest BCUT2D eigenvalue weighted by atomic mass is 9.79. The van der Waals surface area contributed by atoms with Gasteiger partial charge in [0, 0.05) is 12.5 Å². The van der Waals surface area contributed by atoms with Crippen LogP contribution < -0.4 is 0 Å². The van der Waals surface area contributed by atoms with Gasteiger partial charge >= 0.3 is 0 Å². The molecule has 0 aliphatic heterocycles. The largest absolute Gasteiger partial charge is 0.299 e. The van der Waals surface area contributed by atoms with E-state index in [9.17, 15) is 4.79 Å². The smallest absolute Gasteiger partial charge is 0.140 e. The molecule has 1 unspecified atom stereocenters. The van der Waals surface area contributed by atoms with E-state index in [1.807, 2.05) is 18.5 Å². The van der Waals surface area contributed by atoms with Crippen molar-refractivity contribution in [1.82, 2.24) is 14.8 Å². The summed E-state index contributed by atoms with van der Waals surface area (Å²) < 4.78 is 1.82. The molecule has 1 aromatic heterocycles. The number of carbonyl (C=O) groups excluding carboxylic acids is 1. The molecule has 1 aromatic rings. The van der Waals surface area contributed by atoms with Crippen molar-refractivity contribution >= 4 is 5.78 Å². The summed E-state index contributed by atoms with van der Waals surface area (Å²) in [5.41, 5.74) is 0.168. The molecule has 0 aliphatic carbocycles. The molecule has 4 heteroatoms. The normalized spacial score (nSPS) is 13.9. The molecule has 1 rings (SSSR count). The zero-order valence-electron chi connectivity index (χ0n) is 12.4. The molecule has 4 nitrogen and oxygen atoms in total. The van der Waals surface area contributed by atoms with Gasteiger partial charge in [0.2, 0.25) is 0 Å². The summed E-state index contributed by atoms with van der Waals surface area (Å²) in [5.74, 6) is 1.39. The lowest BCUT2D eigenvalue weighted by molar-refractivity contribution is -0.120. The predicted molar refractivity (Wildman–Crippen MR) is 72.4 cm³/mol. The molecular weight excluding hydrogens is 226 g/mol. The Morgan fingerprint density at radius 1 is 1.33 bits per heavy atom. The fraction of sp³-hybridized carbons (Fsp3) is 0.786. The number of nitrogens with zero attached hydrogens (tertiary/aromatic N) is 3. The van der Waals surface area contributed by atoms with E-state index in [0.29, 0.717) is 18.8 Å². The van der Waals surface area contributed by atoms with Gasteiger partial charge in [-0.3, -0.25) is 4.79 Å². The minimum atomic E-state index is 0.168. The van der Waals surface area contributed by atoms with Crippen LogP contribution in [0.4, 0.5) is 0 Å². The molecule has 0 amide bonds. The van der Waals surface area contributed by atoms with Gasteiger partial charge in [0.15, 0.2) is 0 Å². The molecule has 1 heterocycles. The van der Waals surface area contributed by atoms with E-state index < -0.39 is 0 Å². The molecule has 0 aliphatic rings. The van der Waals surface area contributed by atoms with E-state index in [1.54, 1.807) is 0 Å². The molecule has 0 bridgehead atoms. The third-order valence-corrected chi connectivity index (χ3v) is 3.50. The monoisotopic (exact) mass is 251 g/mol. The number of Topliss-reactive ketones (excluding diaryl/α,β-unsaturated/α-hetero) is 1. The van der Waals surface area contributed by atoms with Crippen LogP contribution in [0.5, 0.6) is 0 Å². The molecule has 18 heavy (non-hydrogen) atoms. The molecule has 0 fully saturated rings. The second-order valence-electron chi connectivity index (χ2n) is 6.40. The molecule has 0 N–H and O–H groups in total. The lowest BCUT2D eigenvalue weighted by Crippen LogP contribution is -2.22. The number of carbonyl (C=O) groups is 1. The van der Waals surface area contributed by atoms with Gasteiger partial charge in [0.05, 0.1) is 6.42 Å². The second kappa shape index (κ2) is 5.63. The van der Waals surface area contributed by atoms with Gasteiger partial charge in [-0.2, -0.15) is 5.10 Å². The molecule has 0 aromatic carbocycles. The molecule has 0 saturated carbocycles. The lowest BCUT2D eigenvalue weighted by Gasteiger charge is -2.26. The minimum Gasteiger partial charge on any atom is -0.299 e. The fourth-order valence-corrected chi connectivity index (χ4v) is 1.73. The third-order valence-electron chi connectivity index (χ3n) is 3.50. The standard InChI is InChI=1S/C14H25N3O/c1-10(2)17-13(15-9-16-17)8-12(18)7-11(3)14(4,5)6/h9-11H,7-8H2,1-6H3. The van der Waals surface area contributed by atoms with Gasteiger partial charge < -0.3 is 0 Å². The average molecular weight is 251 g/mol. The van der Waals surface area contributed by atoms with E-state index in [-0.39, 0.29) is 17.2 Å². The van der Waals surface area contributed by atoms with Crippen molar-refractivity contribution < 1.29 is 4.79 Å². The first-order chi connectivity index (χ1) is 8.21. The topological polar surface area (TPSA) is 47.8 Å². The number of hydrogen-bond acceptors (Lipinski definition) is 3. The molecular formula is C14H25N3O. The van der Waals surface area contributed by atoms with Gasteiger partial charge in [-0.15, -0.1) is 0 Å². The Kier molecular flexibility index (Phi) is 4.65. The van der Waals surface area contributed by atoms with Crippen LogP contribution in [0.2, 0.25) is 0 Å². The van der Waals surface area contributed by atoms with Crippen LogP contribution in [-0.4, -0.2) is 20.5 Å². The number of aromatic nitrogens is 3. The van der Waals surface area contributed by atoms with Gasteiger partial charge in [-0.1, -0.05) is 27.7 Å². The summed E-state index contributed by atoms with van der Waals surface area (Å²) in [6, 6.07) is 0.246. The first-order valence-electron chi connectivity index (χ1n) is 6.62. The summed E-state index contributed by atoms with van der Waals surface area (Å²) >= 11 is 0. The maximum atomic E-state index is 12.1. The maximum absolute atomic E-state index is 12.1. The zero-order valence-corrected chi connectivity index (χ0v) is 12.4. The first-order valence-corrected chi connectivity index (χ1v) is 6.62. The van der Waals surface area contributed by atoms with Crippen molar-refractivity contribution in [3.63, 3.8) is 0 Å². The van der Waals surface area contributed by atoms with E-state index >= 15 is 0 Å². The van der Waals surface area contributed by atoms with Crippen LogP contribution in [0.25, 0.3) is 0 Å². The van der Waals surface area contributed by atoms with Gasteiger partial charge in [-0.25, -0.2) is 9.67 Å². The van der Waals surface area contributed by atoms with Crippen molar-refractivity contribution in [1.29, 1.82) is 0 Å². The van der Waals surface area contributed by atoms with Gasteiger partial charge in [0.1, 0.15) is 17.9 Å². The predicted octanol–water partition coefficient (Wildman–Crippen LogP) is 3.04. The summed E-state index contributed by atoms with van der Waals surface area (Å²) in [6.07, 6.45) is 2.52. The highest BCUT2D eigenvalue weighted by molar-refractivity contribution is 5.80. The Bertz CT molecular complexity index is 401. The van der Waals surface area contributed by atoms with Crippen LogP contribution >= 0.6 is 0 Å². The Morgan fingerprint density at radius 2 is 1.94 bits per heavy atom. The summed E-state index contributed by atoms with van der Waals surface area (Å²) in [6.45, 7) is 12.7. The summed E-state index contributed by atoms with van der Waals surface area (Å²) in [7, 11) is 0. The molecule has 0 spiro atoms. The Morgan fingerprint density at radius 3 is 2.44 bits per heavy atom. The van der Waals surface area contributed by atoms with Crippen molar-refractivity contribution in [2.75, 3.05) is 0 Å². The van der Waals surface area contributed by atoms with Crippen LogP contribution in [0, 0.1) is 11.3 Å². The number of ketones is 1. The second-order valence-corrected chi connectivity index (χ2v) is 6.40. The first kappa shape index (κ1) is 14.9. The van der Waals surface area contributed by atoms with Crippen LogP contribution in [-0.2, 0) is 11.2 Å². The Balaban J connectivity index is 2.63. The quantitative estimate of drug-likeness (QED) is 0.808. The SMILES string of the molecule is CC(C)n1ncnc1CC(=O)CC(C)C(C)(C)C. The Labute approximate surface area is 110 Å². The Hall–Kier alpha value is -1.19. The zero-order chi connectivity index (χ0) is 13.9. The molecule has 102 valence electrons. The van der Waals surface area contributed by atoms with Crippen LogP contribution in [0.15, 0.2) is 6.33 Å². The number of rotatable bonds is 5. The molecule has 0 saturated heterocycles. The highest BCUT2D eigenvalue weighted by Crippen LogP contribution is 2.28. The molecule has 1 atom stereocenters. The minimum absolute atomic E-state index is 0.168. The fourth-order valence-electron chi connectivity index (χ4n) is 1.73. The third kappa shape index (κ3) is 3.93. The van der Waals surface area contributed by atoms with E-state index in [2.05, 4.69) is 37.8 Å². The van der Waals surface area contributed by atoms with E-state index in [4.69, 9.17) is 0 Å². The van der Waals surface area contributed by atoms with E-state index in [1.165, 1.54) is 6.33 Å². The number of hydrogen-bond donors (Lipinski definition) is 0. The average Bonchev–Trinajstić information content (AvgIpc) is 2.63. The van der Waals surface area contributed by atoms with Gasteiger partial charge in [0.25, 0.3) is 0 Å².